The predicted molar refractivity (Wildman–Crippen MR) is 115 cm³/mol. The third kappa shape index (κ3) is 5.45. The number of ether oxygens (including phenoxy) is 2. The van der Waals surface area contributed by atoms with Gasteiger partial charge < -0.3 is 19.7 Å². The SMILES string of the molecule is COc1ccc(C(=O)CCC(=O)NCC2CCC3(CCN(C(=O)C4CC4)CC3)O2)cc1. The van der Waals surface area contributed by atoms with E-state index in [1.807, 2.05) is 4.90 Å². The molecule has 2 aliphatic heterocycles. The lowest BCUT2D eigenvalue weighted by Crippen LogP contribution is -2.47. The highest BCUT2D eigenvalue weighted by molar-refractivity contribution is 5.98. The minimum atomic E-state index is -0.139. The molecule has 1 atom stereocenters. The molecule has 3 aliphatic rings. The van der Waals surface area contributed by atoms with E-state index in [0.717, 1.165) is 51.6 Å². The Balaban J connectivity index is 1.15. The highest BCUT2D eigenvalue weighted by Crippen LogP contribution is 2.40. The number of ketones is 1. The van der Waals surface area contributed by atoms with Gasteiger partial charge in [-0.3, -0.25) is 14.4 Å². The third-order valence-corrected chi connectivity index (χ3v) is 6.77. The van der Waals surface area contributed by atoms with Gasteiger partial charge in [-0.15, -0.1) is 0 Å². The first-order valence-corrected chi connectivity index (χ1v) is 11.4. The van der Waals surface area contributed by atoms with Crippen LogP contribution in [0.1, 0.15) is 61.7 Å². The van der Waals surface area contributed by atoms with Crippen molar-refractivity contribution in [3.05, 3.63) is 29.8 Å². The lowest BCUT2D eigenvalue weighted by Gasteiger charge is -2.39. The molecule has 2 saturated heterocycles. The van der Waals surface area contributed by atoms with E-state index in [2.05, 4.69) is 5.32 Å². The number of hydrogen-bond acceptors (Lipinski definition) is 5. The molecular formula is C24H32N2O5. The van der Waals surface area contributed by atoms with Crippen LogP contribution in [-0.2, 0) is 14.3 Å². The van der Waals surface area contributed by atoms with E-state index in [0.29, 0.717) is 23.8 Å². The number of likely N-dealkylation sites (tertiary alicyclic amines) is 1. The van der Waals surface area contributed by atoms with Crippen LogP contribution in [-0.4, -0.2) is 60.9 Å². The normalized spacial score (nSPS) is 22.4. The van der Waals surface area contributed by atoms with Crippen LogP contribution in [0.3, 0.4) is 0 Å². The average Bonchev–Trinajstić information content (AvgIpc) is 3.58. The zero-order valence-corrected chi connectivity index (χ0v) is 18.2. The maximum absolute atomic E-state index is 12.3. The van der Waals surface area contributed by atoms with Crippen LogP contribution in [0.4, 0.5) is 0 Å². The summed E-state index contributed by atoms with van der Waals surface area (Å²) in [6.07, 6.45) is 6.11. The molecule has 1 aliphatic carbocycles. The average molecular weight is 429 g/mol. The van der Waals surface area contributed by atoms with Gasteiger partial charge >= 0.3 is 0 Å². The summed E-state index contributed by atoms with van der Waals surface area (Å²) in [7, 11) is 1.58. The number of Topliss-reactive ketones (excluding diaryl/α,β-unsaturated/α-hetero) is 1. The maximum Gasteiger partial charge on any atom is 0.225 e. The second-order valence-electron chi connectivity index (χ2n) is 9.02. The largest absolute Gasteiger partial charge is 0.497 e. The Bertz CT molecular complexity index is 810. The Morgan fingerprint density at radius 3 is 2.42 bits per heavy atom. The number of hydrogen-bond donors (Lipinski definition) is 1. The van der Waals surface area contributed by atoms with Gasteiger partial charge in [-0.1, -0.05) is 0 Å². The Morgan fingerprint density at radius 1 is 1.06 bits per heavy atom. The lowest BCUT2D eigenvalue weighted by molar-refractivity contribution is -0.139. The van der Waals surface area contributed by atoms with Crippen LogP contribution in [0.15, 0.2) is 24.3 Å². The number of nitrogens with one attached hydrogen (secondary N) is 1. The summed E-state index contributed by atoms with van der Waals surface area (Å²) in [5, 5.41) is 2.92. The molecule has 4 rings (SSSR count). The van der Waals surface area contributed by atoms with Gasteiger partial charge in [0.05, 0.1) is 18.8 Å². The lowest BCUT2D eigenvalue weighted by atomic mass is 9.88. The molecule has 1 unspecified atom stereocenters. The van der Waals surface area contributed by atoms with E-state index in [-0.39, 0.29) is 42.2 Å². The van der Waals surface area contributed by atoms with Crippen molar-refractivity contribution in [2.75, 3.05) is 26.7 Å². The summed E-state index contributed by atoms with van der Waals surface area (Å²) in [6, 6.07) is 6.92. The molecule has 31 heavy (non-hydrogen) atoms. The van der Waals surface area contributed by atoms with E-state index >= 15 is 0 Å². The predicted octanol–water partition coefficient (Wildman–Crippen LogP) is 2.72. The quantitative estimate of drug-likeness (QED) is 0.644. The molecule has 3 fully saturated rings. The number of rotatable bonds is 8. The van der Waals surface area contributed by atoms with Crippen molar-refractivity contribution >= 4 is 17.6 Å². The smallest absolute Gasteiger partial charge is 0.225 e. The monoisotopic (exact) mass is 428 g/mol. The molecule has 7 nitrogen and oxygen atoms in total. The fourth-order valence-corrected chi connectivity index (χ4v) is 4.59. The summed E-state index contributed by atoms with van der Waals surface area (Å²) in [5.74, 6) is 1.11. The zero-order chi connectivity index (χ0) is 21.8. The first kappa shape index (κ1) is 21.8. The van der Waals surface area contributed by atoms with Gasteiger partial charge in [-0.25, -0.2) is 0 Å². The van der Waals surface area contributed by atoms with Crippen LogP contribution in [0.5, 0.6) is 5.75 Å². The fraction of sp³-hybridized carbons (Fsp3) is 0.625. The van der Waals surface area contributed by atoms with Gasteiger partial charge in [0.25, 0.3) is 0 Å². The molecule has 1 spiro atoms. The molecule has 1 saturated carbocycles. The molecular weight excluding hydrogens is 396 g/mol. The van der Waals surface area contributed by atoms with Crippen LogP contribution < -0.4 is 10.1 Å². The van der Waals surface area contributed by atoms with Crippen LogP contribution in [0.2, 0.25) is 0 Å². The van der Waals surface area contributed by atoms with Gasteiger partial charge in [-0.2, -0.15) is 0 Å². The molecule has 1 aromatic carbocycles. The Hall–Kier alpha value is -2.41. The highest BCUT2D eigenvalue weighted by atomic mass is 16.5. The van der Waals surface area contributed by atoms with Crippen molar-refractivity contribution in [3.8, 4) is 5.75 Å². The Morgan fingerprint density at radius 2 is 1.77 bits per heavy atom. The van der Waals surface area contributed by atoms with Crippen molar-refractivity contribution in [1.82, 2.24) is 10.2 Å². The number of carbonyl (C=O) groups excluding carboxylic acids is 3. The van der Waals surface area contributed by atoms with Crippen molar-refractivity contribution in [2.24, 2.45) is 5.92 Å². The minimum absolute atomic E-state index is 0.00641. The molecule has 0 radical (unpaired) electrons. The second-order valence-corrected chi connectivity index (χ2v) is 9.02. The number of nitrogens with zero attached hydrogens (tertiary/aromatic N) is 1. The topological polar surface area (TPSA) is 84.9 Å². The molecule has 2 amide bonds. The Kier molecular flexibility index (Phi) is 6.60. The van der Waals surface area contributed by atoms with Gasteiger partial charge in [0, 0.05) is 44.0 Å². The van der Waals surface area contributed by atoms with Crippen molar-refractivity contribution < 1.29 is 23.9 Å². The van der Waals surface area contributed by atoms with E-state index in [1.54, 1.807) is 31.4 Å². The number of methoxy groups -OCH3 is 1. The fourth-order valence-electron chi connectivity index (χ4n) is 4.59. The summed E-state index contributed by atoms with van der Waals surface area (Å²) in [4.78, 5) is 38.7. The molecule has 0 bridgehead atoms. The number of benzene rings is 1. The van der Waals surface area contributed by atoms with E-state index in [4.69, 9.17) is 9.47 Å². The minimum Gasteiger partial charge on any atom is -0.497 e. The number of amides is 2. The Labute approximate surface area is 183 Å². The van der Waals surface area contributed by atoms with Crippen LogP contribution in [0, 0.1) is 5.92 Å². The first-order chi connectivity index (χ1) is 15.0. The second kappa shape index (κ2) is 9.39. The molecule has 2 heterocycles. The summed E-state index contributed by atoms with van der Waals surface area (Å²) in [5.41, 5.74) is 0.446. The van der Waals surface area contributed by atoms with Crippen molar-refractivity contribution in [1.29, 1.82) is 0 Å². The van der Waals surface area contributed by atoms with Crippen LogP contribution in [0.25, 0.3) is 0 Å². The van der Waals surface area contributed by atoms with Gasteiger partial charge in [0.2, 0.25) is 11.8 Å². The zero-order valence-electron chi connectivity index (χ0n) is 18.2. The third-order valence-electron chi connectivity index (χ3n) is 6.77. The van der Waals surface area contributed by atoms with Crippen LogP contribution >= 0.6 is 0 Å². The highest BCUT2D eigenvalue weighted by Gasteiger charge is 2.44. The first-order valence-electron chi connectivity index (χ1n) is 11.4. The standard InChI is InChI=1S/C24H32N2O5/c1-30-19-6-4-17(5-7-19)21(27)8-9-22(28)25-16-20-10-11-24(31-20)12-14-26(15-13-24)23(29)18-2-3-18/h4-7,18,20H,2-3,8-16H2,1H3,(H,25,28). The summed E-state index contributed by atoms with van der Waals surface area (Å²) < 4.78 is 11.4. The molecule has 1 aromatic rings. The van der Waals surface area contributed by atoms with Gasteiger partial charge in [-0.05, 0) is 62.8 Å². The van der Waals surface area contributed by atoms with Crippen molar-refractivity contribution in [3.63, 3.8) is 0 Å². The summed E-state index contributed by atoms with van der Waals surface area (Å²) >= 11 is 0. The van der Waals surface area contributed by atoms with Gasteiger partial charge in [0.1, 0.15) is 5.75 Å². The van der Waals surface area contributed by atoms with Gasteiger partial charge in [0.15, 0.2) is 5.78 Å². The number of piperidine rings is 1. The maximum atomic E-state index is 12.3. The van der Waals surface area contributed by atoms with Crippen molar-refractivity contribution in [2.45, 2.75) is 63.1 Å². The van der Waals surface area contributed by atoms with E-state index in [1.165, 1.54) is 0 Å². The summed E-state index contributed by atoms with van der Waals surface area (Å²) in [6.45, 7) is 2.03. The molecule has 1 N–H and O–H groups in total. The van der Waals surface area contributed by atoms with E-state index < -0.39 is 0 Å². The number of carbonyl (C=O) groups is 3. The van der Waals surface area contributed by atoms with E-state index in [9.17, 15) is 14.4 Å². The molecule has 7 heteroatoms. The molecule has 0 aromatic heterocycles. The molecule has 168 valence electrons.